The van der Waals surface area contributed by atoms with Gasteiger partial charge in [-0.3, -0.25) is 4.79 Å². The summed E-state index contributed by atoms with van der Waals surface area (Å²) in [5.41, 5.74) is 0.613. The SMILES string of the molecule is CC1CCCN(C(=O)c2ccc(F)c3ccccc23)CC1. The molecule has 1 saturated heterocycles. The second-order valence-electron chi connectivity index (χ2n) is 5.97. The molecule has 0 N–H and O–H groups in total. The third-order valence-corrected chi connectivity index (χ3v) is 4.41. The van der Waals surface area contributed by atoms with E-state index < -0.39 is 0 Å². The summed E-state index contributed by atoms with van der Waals surface area (Å²) in [6.45, 7) is 3.84. The van der Waals surface area contributed by atoms with Gasteiger partial charge in [0, 0.05) is 24.0 Å². The van der Waals surface area contributed by atoms with Crippen molar-refractivity contribution < 1.29 is 9.18 Å². The Morgan fingerprint density at radius 3 is 2.67 bits per heavy atom. The Kier molecular flexibility index (Phi) is 3.91. The van der Waals surface area contributed by atoms with Gasteiger partial charge in [-0.25, -0.2) is 4.39 Å². The van der Waals surface area contributed by atoms with E-state index in [0.717, 1.165) is 25.9 Å². The summed E-state index contributed by atoms with van der Waals surface area (Å²) in [5.74, 6) is 0.430. The van der Waals surface area contributed by atoms with Crippen LogP contribution in [0.15, 0.2) is 36.4 Å². The minimum Gasteiger partial charge on any atom is -0.339 e. The van der Waals surface area contributed by atoms with E-state index in [2.05, 4.69) is 6.92 Å². The van der Waals surface area contributed by atoms with E-state index in [1.165, 1.54) is 12.5 Å². The summed E-state index contributed by atoms with van der Waals surface area (Å²) >= 11 is 0. The molecule has 3 heteroatoms. The molecule has 1 aliphatic rings. The molecule has 110 valence electrons. The molecule has 2 aromatic carbocycles. The summed E-state index contributed by atoms with van der Waals surface area (Å²) in [5, 5.41) is 1.23. The lowest BCUT2D eigenvalue weighted by atomic mass is 10.0. The lowest BCUT2D eigenvalue weighted by molar-refractivity contribution is 0.0762. The third-order valence-electron chi connectivity index (χ3n) is 4.41. The Morgan fingerprint density at radius 2 is 1.86 bits per heavy atom. The van der Waals surface area contributed by atoms with E-state index in [9.17, 15) is 9.18 Å². The van der Waals surface area contributed by atoms with Crippen LogP contribution < -0.4 is 0 Å². The van der Waals surface area contributed by atoms with Crippen molar-refractivity contribution in [3.05, 3.63) is 47.8 Å². The van der Waals surface area contributed by atoms with Crippen LogP contribution >= 0.6 is 0 Å². The minimum atomic E-state index is -0.272. The molecular weight excluding hydrogens is 265 g/mol. The molecule has 1 unspecified atom stereocenters. The highest BCUT2D eigenvalue weighted by molar-refractivity contribution is 6.07. The van der Waals surface area contributed by atoms with Gasteiger partial charge >= 0.3 is 0 Å². The average Bonchev–Trinajstić information content (AvgIpc) is 2.72. The van der Waals surface area contributed by atoms with Gasteiger partial charge in [-0.2, -0.15) is 0 Å². The van der Waals surface area contributed by atoms with E-state index >= 15 is 0 Å². The molecule has 21 heavy (non-hydrogen) atoms. The Bertz CT molecular complexity index is 667. The highest BCUT2D eigenvalue weighted by Gasteiger charge is 2.21. The van der Waals surface area contributed by atoms with Crippen LogP contribution in [0.4, 0.5) is 4.39 Å². The van der Waals surface area contributed by atoms with Crippen molar-refractivity contribution in [2.24, 2.45) is 5.92 Å². The fourth-order valence-corrected chi connectivity index (χ4v) is 3.09. The van der Waals surface area contributed by atoms with Crippen molar-refractivity contribution in [1.82, 2.24) is 4.90 Å². The molecular formula is C18H20FNO. The molecule has 1 atom stereocenters. The second-order valence-corrected chi connectivity index (χ2v) is 5.97. The zero-order valence-corrected chi connectivity index (χ0v) is 12.3. The van der Waals surface area contributed by atoms with Crippen molar-refractivity contribution >= 4 is 16.7 Å². The van der Waals surface area contributed by atoms with Crippen LogP contribution in [0.1, 0.15) is 36.5 Å². The quantitative estimate of drug-likeness (QED) is 0.767. The van der Waals surface area contributed by atoms with Gasteiger partial charge in [0.05, 0.1) is 0 Å². The zero-order valence-electron chi connectivity index (χ0n) is 12.3. The molecule has 1 heterocycles. The van der Waals surface area contributed by atoms with E-state index in [1.54, 1.807) is 18.2 Å². The second kappa shape index (κ2) is 5.84. The molecule has 0 spiro atoms. The predicted molar refractivity (Wildman–Crippen MR) is 82.8 cm³/mol. The van der Waals surface area contributed by atoms with Crippen LogP contribution in [-0.2, 0) is 0 Å². The largest absolute Gasteiger partial charge is 0.339 e. The maximum absolute atomic E-state index is 13.9. The molecule has 1 fully saturated rings. The topological polar surface area (TPSA) is 20.3 Å². The average molecular weight is 285 g/mol. The maximum Gasteiger partial charge on any atom is 0.254 e. The van der Waals surface area contributed by atoms with E-state index in [4.69, 9.17) is 0 Å². The number of hydrogen-bond donors (Lipinski definition) is 0. The lowest BCUT2D eigenvalue weighted by Crippen LogP contribution is -2.32. The number of fused-ring (bicyclic) bond motifs is 1. The molecule has 1 amide bonds. The Labute approximate surface area is 124 Å². The van der Waals surface area contributed by atoms with Gasteiger partial charge in [0.2, 0.25) is 0 Å². The van der Waals surface area contributed by atoms with Gasteiger partial charge in [-0.15, -0.1) is 0 Å². The molecule has 0 aliphatic carbocycles. The number of carbonyl (C=O) groups excluding carboxylic acids is 1. The van der Waals surface area contributed by atoms with Crippen LogP contribution in [0.3, 0.4) is 0 Å². The fraction of sp³-hybridized carbons (Fsp3) is 0.389. The Hall–Kier alpha value is -1.90. The van der Waals surface area contributed by atoms with Gasteiger partial charge in [0.15, 0.2) is 0 Å². The van der Waals surface area contributed by atoms with E-state index in [1.807, 2.05) is 17.0 Å². The van der Waals surface area contributed by atoms with Crippen molar-refractivity contribution in [2.75, 3.05) is 13.1 Å². The zero-order chi connectivity index (χ0) is 14.8. The smallest absolute Gasteiger partial charge is 0.254 e. The normalized spacial score (nSPS) is 19.5. The van der Waals surface area contributed by atoms with Crippen LogP contribution in [0.25, 0.3) is 10.8 Å². The standard InChI is InChI=1S/C18H20FNO/c1-13-5-4-11-20(12-10-13)18(21)16-8-9-17(19)15-7-3-2-6-14(15)16/h2-3,6-9,13H,4-5,10-12H2,1H3. The van der Waals surface area contributed by atoms with Gasteiger partial charge in [0.1, 0.15) is 5.82 Å². The first-order valence-corrected chi connectivity index (χ1v) is 7.63. The number of amides is 1. The first-order valence-electron chi connectivity index (χ1n) is 7.63. The van der Waals surface area contributed by atoms with Gasteiger partial charge in [-0.05, 0) is 42.7 Å². The number of halogens is 1. The van der Waals surface area contributed by atoms with E-state index in [-0.39, 0.29) is 11.7 Å². The number of carbonyl (C=O) groups is 1. The number of benzene rings is 2. The number of rotatable bonds is 1. The van der Waals surface area contributed by atoms with Crippen molar-refractivity contribution in [3.63, 3.8) is 0 Å². The molecule has 1 aliphatic heterocycles. The highest BCUT2D eigenvalue weighted by atomic mass is 19.1. The minimum absolute atomic E-state index is 0.0281. The number of hydrogen-bond acceptors (Lipinski definition) is 1. The van der Waals surface area contributed by atoms with Crippen LogP contribution in [0.5, 0.6) is 0 Å². The summed E-state index contributed by atoms with van der Waals surface area (Å²) in [6, 6.07) is 10.2. The van der Waals surface area contributed by atoms with Crippen LogP contribution in [0.2, 0.25) is 0 Å². The molecule has 3 rings (SSSR count). The van der Waals surface area contributed by atoms with Crippen molar-refractivity contribution in [3.8, 4) is 0 Å². The molecule has 0 saturated carbocycles. The number of nitrogens with zero attached hydrogens (tertiary/aromatic N) is 1. The predicted octanol–water partition coefficient (Wildman–Crippen LogP) is 4.24. The van der Waals surface area contributed by atoms with Gasteiger partial charge in [-0.1, -0.05) is 31.2 Å². The molecule has 0 radical (unpaired) electrons. The van der Waals surface area contributed by atoms with Gasteiger partial charge < -0.3 is 4.90 Å². The first-order chi connectivity index (χ1) is 10.2. The Morgan fingerprint density at radius 1 is 1.10 bits per heavy atom. The third kappa shape index (κ3) is 2.78. The lowest BCUT2D eigenvalue weighted by Gasteiger charge is -2.21. The molecule has 2 nitrogen and oxygen atoms in total. The summed E-state index contributed by atoms with van der Waals surface area (Å²) in [7, 11) is 0. The van der Waals surface area contributed by atoms with Crippen molar-refractivity contribution in [2.45, 2.75) is 26.2 Å². The summed E-state index contributed by atoms with van der Waals surface area (Å²) < 4.78 is 13.9. The fourth-order valence-electron chi connectivity index (χ4n) is 3.09. The Balaban J connectivity index is 1.96. The summed E-state index contributed by atoms with van der Waals surface area (Å²) in [6.07, 6.45) is 3.27. The summed E-state index contributed by atoms with van der Waals surface area (Å²) in [4.78, 5) is 14.7. The van der Waals surface area contributed by atoms with Gasteiger partial charge in [0.25, 0.3) is 5.91 Å². The monoisotopic (exact) mass is 285 g/mol. The van der Waals surface area contributed by atoms with Crippen LogP contribution in [0, 0.1) is 11.7 Å². The highest BCUT2D eigenvalue weighted by Crippen LogP contribution is 2.24. The van der Waals surface area contributed by atoms with Crippen LogP contribution in [-0.4, -0.2) is 23.9 Å². The molecule has 0 aromatic heterocycles. The number of likely N-dealkylation sites (tertiary alicyclic amines) is 1. The van der Waals surface area contributed by atoms with Crippen molar-refractivity contribution in [1.29, 1.82) is 0 Å². The first kappa shape index (κ1) is 14.1. The molecule has 0 bridgehead atoms. The van der Waals surface area contributed by atoms with E-state index in [0.29, 0.717) is 22.3 Å². The molecule has 2 aromatic rings. The maximum atomic E-state index is 13.9.